The van der Waals surface area contributed by atoms with Gasteiger partial charge in [-0.05, 0) is 147 Å². The summed E-state index contributed by atoms with van der Waals surface area (Å²) >= 11 is 0. The predicted octanol–water partition coefficient (Wildman–Crippen LogP) is 20.4. The number of hydrogen-bond donors (Lipinski definition) is 0. The second kappa shape index (κ2) is 24.0. The van der Waals surface area contributed by atoms with Crippen LogP contribution in [0.15, 0.2) is 72.8 Å². The smallest absolute Gasteiger partial charge is 0.263 e. The van der Waals surface area contributed by atoms with Crippen LogP contribution >= 0.6 is 0 Å². The fraction of sp³-hybridized carbons (Fsp3) is 0.385. The van der Waals surface area contributed by atoms with Gasteiger partial charge in [-0.2, -0.15) is 21.0 Å². The SMILES string of the molecule is CCCCCCCC(CCCCCCC)N1C(=O)c2c(C#N)cc3c4ccc5c6ccc7c8cc(C#N)c9c%10c(c(C#N)cc(c%11ccc(c%12ccc(c%13cc(C#N)c(c2c3%13)C1=O)c4c5%12)c6c7%11)c%108)C(=O)N(C(CCCCCCC)CCCCCCC)C9=O. The molecule has 0 saturated heterocycles. The molecule has 2 aliphatic heterocycles. The van der Waals surface area contributed by atoms with E-state index in [0.29, 0.717) is 47.2 Å². The molecular formula is C78H74N6O4. The van der Waals surface area contributed by atoms with Crippen molar-refractivity contribution in [2.45, 2.75) is 194 Å². The first-order chi connectivity index (χ1) is 43.1. The minimum absolute atomic E-state index is 0.182. The van der Waals surface area contributed by atoms with Gasteiger partial charge in [0.05, 0.1) is 44.5 Å². The third-order valence-corrected chi connectivity index (χ3v) is 20.4. The molecule has 0 aliphatic carbocycles. The Morgan fingerprint density at radius 2 is 0.477 bits per heavy atom. The average molecular weight is 1160 g/mol. The van der Waals surface area contributed by atoms with Gasteiger partial charge in [0.1, 0.15) is 24.3 Å². The topological polar surface area (TPSA) is 170 Å². The van der Waals surface area contributed by atoms with Crippen LogP contribution in [0.25, 0.3) is 108 Å². The molecule has 2 aliphatic rings. The third kappa shape index (κ3) is 8.95. The van der Waals surface area contributed by atoms with E-state index in [1.54, 1.807) is 0 Å². The van der Waals surface area contributed by atoms with Gasteiger partial charge >= 0.3 is 0 Å². The van der Waals surface area contributed by atoms with Crippen LogP contribution < -0.4 is 0 Å². The lowest BCUT2D eigenvalue weighted by atomic mass is 9.78. The Balaban J connectivity index is 0.985. The lowest BCUT2D eigenvalue weighted by Crippen LogP contribution is -2.47. The van der Waals surface area contributed by atoms with E-state index in [4.69, 9.17) is 0 Å². The molecule has 10 heteroatoms. The molecule has 4 amide bonds. The van der Waals surface area contributed by atoms with Gasteiger partial charge in [-0.25, -0.2) is 0 Å². The Morgan fingerprint density at radius 1 is 0.284 bits per heavy atom. The van der Waals surface area contributed by atoms with Gasteiger partial charge in [0.25, 0.3) is 23.6 Å². The molecule has 0 bridgehead atoms. The minimum Gasteiger partial charge on any atom is -0.271 e. The van der Waals surface area contributed by atoms with Crippen LogP contribution in [0, 0.1) is 45.3 Å². The molecule has 11 aromatic carbocycles. The lowest BCUT2D eigenvalue weighted by Gasteiger charge is -2.35. The van der Waals surface area contributed by atoms with Crippen molar-refractivity contribution in [3.63, 3.8) is 0 Å². The number of fused-ring (bicyclic) bond motifs is 6. The van der Waals surface area contributed by atoms with Crippen molar-refractivity contribution in [3.8, 4) is 24.3 Å². The molecule has 0 aromatic heterocycles. The predicted molar refractivity (Wildman–Crippen MR) is 356 cm³/mol. The van der Waals surface area contributed by atoms with E-state index in [0.717, 1.165) is 215 Å². The summed E-state index contributed by atoms with van der Waals surface area (Å²) in [7, 11) is 0. The number of unbranched alkanes of at least 4 members (excludes halogenated alkanes) is 16. The number of hydrogen-bond acceptors (Lipinski definition) is 8. The third-order valence-electron chi connectivity index (χ3n) is 20.4. The van der Waals surface area contributed by atoms with Crippen LogP contribution in [-0.4, -0.2) is 45.5 Å². The van der Waals surface area contributed by atoms with E-state index < -0.39 is 23.6 Å². The van der Waals surface area contributed by atoms with Crippen LogP contribution in [-0.2, 0) is 0 Å². The summed E-state index contributed by atoms with van der Waals surface area (Å²) in [6.45, 7) is 8.74. The summed E-state index contributed by atoms with van der Waals surface area (Å²) < 4.78 is 0. The Kier molecular flexibility index (Phi) is 15.8. The zero-order valence-corrected chi connectivity index (χ0v) is 51.4. The molecule has 88 heavy (non-hydrogen) atoms. The van der Waals surface area contributed by atoms with E-state index in [1.165, 1.54) is 9.80 Å². The Morgan fingerprint density at radius 3 is 0.682 bits per heavy atom. The van der Waals surface area contributed by atoms with Crippen LogP contribution in [0.1, 0.15) is 245 Å². The maximum atomic E-state index is 15.3. The Bertz CT molecular complexity index is 4280. The highest BCUT2D eigenvalue weighted by atomic mass is 16.2. The zero-order chi connectivity index (χ0) is 61.1. The number of carbonyl (C=O) groups excluding carboxylic acids is 4. The summed E-state index contributed by atoms with van der Waals surface area (Å²) in [4.78, 5) is 64.0. The van der Waals surface area contributed by atoms with Crippen molar-refractivity contribution < 1.29 is 19.2 Å². The summed E-state index contributed by atoms with van der Waals surface area (Å²) in [6, 6.07) is 33.1. The van der Waals surface area contributed by atoms with Gasteiger partial charge in [0.2, 0.25) is 0 Å². The van der Waals surface area contributed by atoms with Gasteiger partial charge in [-0.1, -0.05) is 205 Å². The fourth-order valence-electron chi connectivity index (χ4n) is 16.2. The van der Waals surface area contributed by atoms with E-state index in [2.05, 4.69) is 101 Å². The second-order valence-electron chi connectivity index (χ2n) is 25.6. The second-order valence-corrected chi connectivity index (χ2v) is 25.6. The van der Waals surface area contributed by atoms with Crippen molar-refractivity contribution in [1.29, 1.82) is 21.0 Å². The number of benzene rings is 11. The van der Waals surface area contributed by atoms with Crippen molar-refractivity contribution in [3.05, 3.63) is 117 Å². The summed E-state index contributed by atoms with van der Waals surface area (Å²) in [5, 5.41) is 60.9. The largest absolute Gasteiger partial charge is 0.271 e. The summed E-state index contributed by atoms with van der Waals surface area (Å²) in [6.07, 6.45) is 23.5. The number of amides is 4. The van der Waals surface area contributed by atoms with Gasteiger partial charge in [-0.15, -0.1) is 0 Å². The van der Waals surface area contributed by atoms with Crippen molar-refractivity contribution >= 4 is 131 Å². The van der Waals surface area contributed by atoms with E-state index in [1.807, 2.05) is 24.3 Å². The molecule has 440 valence electrons. The highest BCUT2D eigenvalue weighted by molar-refractivity contribution is 6.48. The number of rotatable bonds is 26. The molecule has 0 saturated carbocycles. The Hall–Kier alpha value is -8.96. The van der Waals surface area contributed by atoms with Crippen molar-refractivity contribution in [2.75, 3.05) is 0 Å². The molecule has 0 N–H and O–H groups in total. The van der Waals surface area contributed by atoms with Gasteiger partial charge in [0, 0.05) is 22.9 Å². The Labute approximate surface area is 514 Å². The molecule has 0 unspecified atom stereocenters. The molecule has 10 nitrogen and oxygen atoms in total. The van der Waals surface area contributed by atoms with Crippen molar-refractivity contribution in [1.82, 2.24) is 9.80 Å². The first kappa shape index (κ1) is 58.1. The van der Waals surface area contributed by atoms with Crippen LogP contribution in [0.5, 0.6) is 0 Å². The fourth-order valence-corrected chi connectivity index (χ4v) is 16.2. The van der Waals surface area contributed by atoms with Gasteiger partial charge in [0.15, 0.2) is 0 Å². The van der Waals surface area contributed by atoms with Crippen molar-refractivity contribution in [2.24, 2.45) is 0 Å². The minimum atomic E-state index is -0.457. The van der Waals surface area contributed by atoms with Crippen LogP contribution in [0.4, 0.5) is 0 Å². The lowest BCUT2D eigenvalue weighted by molar-refractivity contribution is 0.0501. The first-order valence-corrected chi connectivity index (χ1v) is 33.0. The van der Waals surface area contributed by atoms with Gasteiger partial charge in [-0.3, -0.25) is 29.0 Å². The molecule has 0 atom stereocenters. The standard InChI is InChI=1S/C78H74N6O4/c1-5-9-13-17-21-25-49(26-22-18-14-10-6-2)83-75(85)63-45(41-79)37-59-55-33-29-51-53-31-35-57-61-39-47(43-81)65-74-66(78(88)84(77(65)87)50(27-23-19-15-11-7-3)28-24-20-16-12-8-4)48(44-82)40-62(72(61)74)58-36-32-54(68(53)70(57)58)52-30-34-56(69(55)67(51)52)60-38-46(42-80)64(76(83)86)73(63)71(59)60/h29-40,49-50H,5-28H2,1-4H3. The number of nitriles is 4. The quantitative estimate of drug-likeness (QED) is 0.0223. The van der Waals surface area contributed by atoms with Crippen LogP contribution in [0.3, 0.4) is 0 Å². The molecular weight excluding hydrogens is 1080 g/mol. The summed E-state index contributed by atoms with van der Waals surface area (Å²) in [5.41, 5.74) is 1.53. The molecule has 0 spiro atoms. The molecule has 0 fully saturated rings. The van der Waals surface area contributed by atoms with E-state index in [-0.39, 0.29) is 56.6 Å². The highest BCUT2D eigenvalue weighted by Gasteiger charge is 2.44. The van der Waals surface area contributed by atoms with E-state index in [9.17, 15) is 21.0 Å². The first-order valence-electron chi connectivity index (χ1n) is 33.0. The number of carbonyl (C=O) groups is 4. The number of imide groups is 2. The van der Waals surface area contributed by atoms with Crippen LogP contribution in [0.2, 0.25) is 0 Å². The number of nitrogens with zero attached hydrogens (tertiary/aromatic N) is 6. The molecule has 0 radical (unpaired) electrons. The maximum Gasteiger partial charge on any atom is 0.263 e. The molecule has 13 rings (SSSR count). The molecule has 11 aromatic rings. The monoisotopic (exact) mass is 1160 g/mol. The maximum absolute atomic E-state index is 15.3. The summed E-state index contributed by atoms with van der Waals surface area (Å²) in [5.74, 6) is -1.83. The van der Waals surface area contributed by atoms with Gasteiger partial charge < -0.3 is 0 Å². The normalized spacial score (nSPS) is 13.6. The highest BCUT2D eigenvalue weighted by Crippen LogP contribution is 2.54. The molecule has 2 heterocycles. The zero-order valence-electron chi connectivity index (χ0n) is 51.4. The van der Waals surface area contributed by atoms with E-state index >= 15 is 19.2 Å². The average Bonchev–Trinajstić information content (AvgIpc) is 0.700.